The summed E-state index contributed by atoms with van der Waals surface area (Å²) in [4.78, 5) is -0.523. The Morgan fingerprint density at radius 3 is 2.31 bits per heavy atom. The van der Waals surface area contributed by atoms with Gasteiger partial charge >= 0.3 is 0 Å². The monoisotopic (exact) mass is 207 g/mol. The number of benzene rings is 1. The second-order valence-corrected chi connectivity index (χ2v) is 4.09. The second-order valence-electron chi connectivity index (χ2n) is 2.56. The molecule has 0 heterocycles. The van der Waals surface area contributed by atoms with E-state index in [1.807, 2.05) is 0 Å². The molecule has 0 unspecified atom stereocenters. The van der Waals surface area contributed by atoms with Crippen LogP contribution >= 0.6 is 0 Å². The third kappa shape index (κ3) is 2.02. The lowest BCUT2D eigenvalue weighted by molar-refractivity contribution is 0.560. The minimum absolute atomic E-state index is 0.177. The molecule has 0 spiro atoms. The third-order valence-corrected chi connectivity index (χ3v) is 2.61. The topological polar surface area (TPSA) is 60.2 Å². The summed E-state index contributed by atoms with van der Waals surface area (Å²) in [5.41, 5.74) is -0.177. The Morgan fingerprint density at radius 1 is 1.31 bits per heavy atom. The maximum Gasteiger partial charge on any atom is 0.238 e. The number of primary sulfonamides is 1. The molecule has 3 nitrogen and oxygen atoms in total. The van der Waals surface area contributed by atoms with E-state index >= 15 is 0 Å². The van der Waals surface area contributed by atoms with E-state index in [1.165, 1.54) is 6.92 Å². The van der Waals surface area contributed by atoms with Crippen molar-refractivity contribution in [2.75, 3.05) is 0 Å². The largest absolute Gasteiger partial charge is 0.238 e. The summed E-state index contributed by atoms with van der Waals surface area (Å²) in [5.74, 6) is -1.89. The molecule has 72 valence electrons. The highest BCUT2D eigenvalue weighted by Crippen LogP contribution is 2.18. The normalized spacial score (nSPS) is 11.7. The van der Waals surface area contributed by atoms with E-state index in [1.54, 1.807) is 0 Å². The summed E-state index contributed by atoms with van der Waals surface area (Å²) in [6, 6.07) is 1.29. The van der Waals surface area contributed by atoms with Crippen LogP contribution in [0.2, 0.25) is 0 Å². The van der Waals surface area contributed by atoms with Crippen molar-refractivity contribution in [2.45, 2.75) is 11.8 Å². The fourth-order valence-electron chi connectivity index (χ4n) is 0.918. The molecule has 1 rings (SSSR count). The van der Waals surface area contributed by atoms with Crippen LogP contribution in [0.5, 0.6) is 0 Å². The lowest BCUT2D eigenvalue weighted by Gasteiger charge is -2.03. The fraction of sp³-hybridized carbons (Fsp3) is 0.143. The van der Waals surface area contributed by atoms with Crippen LogP contribution in [0.4, 0.5) is 8.78 Å². The first-order chi connectivity index (χ1) is 5.82. The minimum Gasteiger partial charge on any atom is -0.225 e. The molecule has 0 amide bonds. The van der Waals surface area contributed by atoms with Gasteiger partial charge in [0, 0.05) is 11.6 Å². The molecule has 0 atom stereocenters. The number of sulfonamides is 1. The second kappa shape index (κ2) is 3.04. The fourth-order valence-corrected chi connectivity index (χ4v) is 1.72. The predicted molar refractivity (Wildman–Crippen MR) is 42.5 cm³/mol. The van der Waals surface area contributed by atoms with Crippen molar-refractivity contribution in [2.24, 2.45) is 5.14 Å². The number of nitrogens with two attached hydrogens (primary N) is 1. The molecule has 6 heteroatoms. The van der Waals surface area contributed by atoms with Gasteiger partial charge in [0.05, 0.1) is 4.90 Å². The zero-order chi connectivity index (χ0) is 10.2. The quantitative estimate of drug-likeness (QED) is 0.744. The van der Waals surface area contributed by atoms with Crippen LogP contribution in [0.1, 0.15) is 5.56 Å². The zero-order valence-electron chi connectivity index (χ0n) is 6.71. The predicted octanol–water partition coefficient (Wildman–Crippen LogP) is 0.921. The maximum absolute atomic E-state index is 12.8. The van der Waals surface area contributed by atoms with E-state index in [9.17, 15) is 17.2 Å². The summed E-state index contributed by atoms with van der Waals surface area (Å²) in [6.07, 6.45) is 0. The van der Waals surface area contributed by atoms with Crippen molar-refractivity contribution in [3.8, 4) is 0 Å². The van der Waals surface area contributed by atoms with Gasteiger partial charge < -0.3 is 0 Å². The van der Waals surface area contributed by atoms with E-state index in [4.69, 9.17) is 5.14 Å². The number of hydrogen-bond donors (Lipinski definition) is 1. The molecule has 0 fully saturated rings. The van der Waals surface area contributed by atoms with Crippen LogP contribution in [-0.2, 0) is 10.0 Å². The molecular weight excluding hydrogens is 200 g/mol. The highest BCUT2D eigenvalue weighted by Gasteiger charge is 2.15. The molecule has 0 radical (unpaired) electrons. The van der Waals surface area contributed by atoms with Gasteiger partial charge in [-0.15, -0.1) is 0 Å². The molecule has 0 aliphatic carbocycles. The molecular formula is C7H7F2NO2S. The van der Waals surface area contributed by atoms with E-state index in [-0.39, 0.29) is 5.56 Å². The van der Waals surface area contributed by atoms with Gasteiger partial charge in [0.15, 0.2) is 0 Å². The minimum atomic E-state index is -4.06. The number of rotatable bonds is 1. The Balaban J connectivity index is 3.56. The highest BCUT2D eigenvalue weighted by molar-refractivity contribution is 7.89. The maximum atomic E-state index is 12.8. The van der Waals surface area contributed by atoms with Gasteiger partial charge in [0.2, 0.25) is 10.0 Å². The van der Waals surface area contributed by atoms with Crippen LogP contribution in [0.25, 0.3) is 0 Å². The van der Waals surface area contributed by atoms with Gasteiger partial charge in [-0.1, -0.05) is 0 Å². The third-order valence-electron chi connectivity index (χ3n) is 1.57. The molecule has 0 aliphatic heterocycles. The van der Waals surface area contributed by atoms with Gasteiger partial charge in [-0.05, 0) is 13.0 Å². The van der Waals surface area contributed by atoms with Gasteiger partial charge in [0.25, 0.3) is 0 Å². The molecule has 0 saturated carbocycles. The zero-order valence-corrected chi connectivity index (χ0v) is 7.53. The molecule has 1 aromatic carbocycles. The van der Waals surface area contributed by atoms with Crippen molar-refractivity contribution in [1.82, 2.24) is 0 Å². The Kier molecular flexibility index (Phi) is 2.36. The van der Waals surface area contributed by atoms with Gasteiger partial charge in [-0.2, -0.15) is 0 Å². The number of halogens is 2. The van der Waals surface area contributed by atoms with Crippen molar-refractivity contribution in [1.29, 1.82) is 0 Å². The van der Waals surface area contributed by atoms with Crippen molar-refractivity contribution >= 4 is 10.0 Å². The first-order valence-corrected chi connectivity index (χ1v) is 4.85. The van der Waals surface area contributed by atoms with E-state index in [0.29, 0.717) is 12.1 Å². The van der Waals surface area contributed by atoms with Crippen LogP contribution in [-0.4, -0.2) is 8.42 Å². The van der Waals surface area contributed by atoms with E-state index in [0.717, 1.165) is 0 Å². The SMILES string of the molecule is Cc1c(F)cc(F)cc1S(N)(=O)=O. The number of hydrogen-bond acceptors (Lipinski definition) is 2. The smallest absolute Gasteiger partial charge is 0.225 e. The molecule has 1 aromatic rings. The summed E-state index contributed by atoms with van der Waals surface area (Å²) in [7, 11) is -4.06. The van der Waals surface area contributed by atoms with Crippen LogP contribution in [0.3, 0.4) is 0 Å². The van der Waals surface area contributed by atoms with Gasteiger partial charge in [-0.25, -0.2) is 22.3 Å². The van der Waals surface area contributed by atoms with Crippen LogP contribution < -0.4 is 5.14 Å². The van der Waals surface area contributed by atoms with E-state index < -0.39 is 26.6 Å². The molecule has 2 N–H and O–H groups in total. The highest BCUT2D eigenvalue weighted by atomic mass is 32.2. The van der Waals surface area contributed by atoms with Gasteiger partial charge in [-0.3, -0.25) is 0 Å². The lowest BCUT2D eigenvalue weighted by Crippen LogP contribution is -2.14. The molecule has 0 aromatic heterocycles. The summed E-state index contributed by atoms with van der Waals surface area (Å²) in [6.45, 7) is 1.22. The van der Waals surface area contributed by atoms with E-state index in [2.05, 4.69) is 0 Å². The molecule has 0 bridgehead atoms. The Morgan fingerprint density at radius 2 is 1.85 bits per heavy atom. The Hall–Kier alpha value is -1.01. The molecule has 13 heavy (non-hydrogen) atoms. The van der Waals surface area contributed by atoms with Crippen molar-refractivity contribution < 1.29 is 17.2 Å². The van der Waals surface area contributed by atoms with Crippen molar-refractivity contribution in [3.63, 3.8) is 0 Å². The molecule has 0 aliphatic rings. The average molecular weight is 207 g/mol. The lowest BCUT2D eigenvalue weighted by atomic mass is 10.2. The van der Waals surface area contributed by atoms with Crippen LogP contribution in [0.15, 0.2) is 17.0 Å². The average Bonchev–Trinajstić information content (AvgIpc) is 1.94. The summed E-state index contributed by atoms with van der Waals surface area (Å²) in [5, 5.41) is 4.73. The van der Waals surface area contributed by atoms with Crippen LogP contribution in [0, 0.1) is 18.6 Å². The van der Waals surface area contributed by atoms with Crippen molar-refractivity contribution in [3.05, 3.63) is 29.3 Å². The summed E-state index contributed by atoms with van der Waals surface area (Å²) >= 11 is 0. The molecule has 0 saturated heterocycles. The first kappa shape index (κ1) is 10.1. The summed E-state index contributed by atoms with van der Waals surface area (Å²) < 4.78 is 47.0. The Labute approximate surface area is 74.2 Å². The van der Waals surface area contributed by atoms with Gasteiger partial charge in [0.1, 0.15) is 11.6 Å². The standard InChI is InChI=1S/C7H7F2NO2S/c1-4-6(9)2-5(8)3-7(4)13(10,11)12/h2-3H,1H3,(H2,10,11,12). The first-order valence-electron chi connectivity index (χ1n) is 3.31. The Bertz CT molecular complexity index is 442.